The third-order valence-corrected chi connectivity index (χ3v) is 4.08. The molecule has 4 nitrogen and oxygen atoms in total. The van der Waals surface area contributed by atoms with Gasteiger partial charge < -0.3 is 5.32 Å². The van der Waals surface area contributed by atoms with Crippen molar-refractivity contribution in [3.63, 3.8) is 0 Å². The first kappa shape index (κ1) is 14.0. The second-order valence-corrected chi connectivity index (χ2v) is 6.95. The van der Waals surface area contributed by atoms with E-state index >= 15 is 0 Å². The lowest BCUT2D eigenvalue weighted by Crippen LogP contribution is -2.20. The van der Waals surface area contributed by atoms with Crippen LogP contribution in [0.5, 0.6) is 0 Å². The Labute approximate surface area is 113 Å². The number of rotatable bonds is 5. The van der Waals surface area contributed by atoms with E-state index in [0.29, 0.717) is 6.42 Å². The largest absolute Gasteiger partial charge is 0.312 e. The summed E-state index contributed by atoms with van der Waals surface area (Å²) in [6, 6.07) is 11.8. The number of benzene rings is 1. The van der Waals surface area contributed by atoms with Crippen LogP contribution in [0.25, 0.3) is 10.9 Å². The predicted molar refractivity (Wildman–Crippen MR) is 77.9 cm³/mol. The SMILES string of the molecule is CNC(CCS(C)(=O)=O)c1ccc2ccccc2n1. The number of hydrogen-bond acceptors (Lipinski definition) is 4. The van der Waals surface area contributed by atoms with E-state index < -0.39 is 9.84 Å². The number of sulfone groups is 1. The molecule has 0 saturated carbocycles. The fourth-order valence-electron chi connectivity index (χ4n) is 2.05. The van der Waals surface area contributed by atoms with Crippen molar-refractivity contribution in [1.82, 2.24) is 10.3 Å². The molecule has 0 saturated heterocycles. The molecular formula is C14H18N2O2S. The van der Waals surface area contributed by atoms with Crippen LogP contribution in [-0.4, -0.2) is 32.5 Å². The Kier molecular flexibility index (Phi) is 4.17. The normalized spacial score (nSPS) is 13.6. The standard InChI is InChI=1S/C14H18N2O2S/c1-15-13(9-10-19(2,17)18)14-8-7-11-5-3-4-6-12(11)16-14/h3-8,13,15H,9-10H2,1-2H3. The van der Waals surface area contributed by atoms with Crippen LogP contribution < -0.4 is 5.32 Å². The van der Waals surface area contributed by atoms with Gasteiger partial charge in [-0.3, -0.25) is 4.98 Å². The molecule has 1 aromatic carbocycles. The zero-order valence-corrected chi connectivity index (χ0v) is 11.9. The molecule has 19 heavy (non-hydrogen) atoms. The zero-order valence-electron chi connectivity index (χ0n) is 11.1. The first-order valence-corrected chi connectivity index (χ1v) is 8.26. The van der Waals surface area contributed by atoms with Gasteiger partial charge in [-0.2, -0.15) is 0 Å². The second kappa shape index (κ2) is 5.67. The van der Waals surface area contributed by atoms with Crippen LogP contribution in [0, 0.1) is 0 Å². The van der Waals surface area contributed by atoms with Gasteiger partial charge in [0.05, 0.1) is 23.0 Å². The molecule has 0 aliphatic carbocycles. The number of hydrogen-bond donors (Lipinski definition) is 1. The molecule has 1 unspecified atom stereocenters. The lowest BCUT2D eigenvalue weighted by Gasteiger charge is -2.15. The number of aromatic nitrogens is 1. The van der Waals surface area contributed by atoms with Crippen LogP contribution in [0.15, 0.2) is 36.4 Å². The summed E-state index contributed by atoms with van der Waals surface area (Å²) in [5.74, 6) is 0.160. The summed E-state index contributed by atoms with van der Waals surface area (Å²) in [6.07, 6.45) is 1.79. The van der Waals surface area contributed by atoms with Crippen LogP contribution in [0.1, 0.15) is 18.2 Å². The number of nitrogens with one attached hydrogen (secondary N) is 1. The Balaban J connectivity index is 2.25. The topological polar surface area (TPSA) is 59.1 Å². The third kappa shape index (κ3) is 3.75. The summed E-state index contributed by atoms with van der Waals surface area (Å²) >= 11 is 0. The summed E-state index contributed by atoms with van der Waals surface area (Å²) in [7, 11) is -1.12. The minimum absolute atomic E-state index is 0.0423. The minimum Gasteiger partial charge on any atom is -0.312 e. The van der Waals surface area contributed by atoms with E-state index in [4.69, 9.17) is 0 Å². The molecule has 0 aliphatic rings. The maximum absolute atomic E-state index is 11.2. The fraction of sp³-hybridized carbons (Fsp3) is 0.357. The van der Waals surface area contributed by atoms with Crippen molar-refractivity contribution in [3.8, 4) is 0 Å². The van der Waals surface area contributed by atoms with E-state index in [9.17, 15) is 8.42 Å². The number of fused-ring (bicyclic) bond motifs is 1. The quantitative estimate of drug-likeness (QED) is 0.908. The minimum atomic E-state index is -2.95. The number of para-hydroxylation sites is 1. The Hall–Kier alpha value is -1.46. The van der Waals surface area contributed by atoms with Gasteiger partial charge in [0.1, 0.15) is 9.84 Å². The summed E-state index contributed by atoms with van der Waals surface area (Å²) < 4.78 is 22.5. The van der Waals surface area contributed by atoms with E-state index in [2.05, 4.69) is 10.3 Å². The Morgan fingerprint density at radius 1 is 1.21 bits per heavy atom. The molecular weight excluding hydrogens is 260 g/mol. The fourth-order valence-corrected chi connectivity index (χ4v) is 2.71. The smallest absolute Gasteiger partial charge is 0.147 e. The van der Waals surface area contributed by atoms with Crippen molar-refractivity contribution >= 4 is 20.7 Å². The molecule has 2 aromatic rings. The van der Waals surface area contributed by atoms with Crippen LogP contribution in [-0.2, 0) is 9.84 Å². The lowest BCUT2D eigenvalue weighted by molar-refractivity contribution is 0.550. The maximum Gasteiger partial charge on any atom is 0.147 e. The van der Waals surface area contributed by atoms with Gasteiger partial charge in [0.25, 0.3) is 0 Å². The highest BCUT2D eigenvalue weighted by Crippen LogP contribution is 2.19. The molecule has 5 heteroatoms. The molecule has 0 spiro atoms. The molecule has 1 N–H and O–H groups in total. The summed E-state index contributed by atoms with van der Waals surface area (Å²) in [5.41, 5.74) is 1.81. The number of nitrogens with zero attached hydrogens (tertiary/aromatic N) is 1. The highest BCUT2D eigenvalue weighted by molar-refractivity contribution is 7.90. The Morgan fingerprint density at radius 3 is 2.63 bits per heavy atom. The van der Waals surface area contributed by atoms with Crippen molar-refractivity contribution in [2.24, 2.45) is 0 Å². The van der Waals surface area contributed by atoms with Crippen molar-refractivity contribution in [2.45, 2.75) is 12.5 Å². The van der Waals surface area contributed by atoms with Gasteiger partial charge in [0, 0.05) is 11.6 Å². The highest BCUT2D eigenvalue weighted by Gasteiger charge is 2.14. The van der Waals surface area contributed by atoms with E-state index in [0.717, 1.165) is 16.6 Å². The molecule has 1 heterocycles. The van der Waals surface area contributed by atoms with E-state index in [1.165, 1.54) is 6.26 Å². The molecule has 2 rings (SSSR count). The molecule has 102 valence electrons. The number of pyridine rings is 1. The van der Waals surface area contributed by atoms with Crippen molar-refractivity contribution in [2.75, 3.05) is 19.1 Å². The summed E-state index contributed by atoms with van der Waals surface area (Å²) in [5, 5.41) is 4.22. The van der Waals surface area contributed by atoms with Gasteiger partial charge >= 0.3 is 0 Å². The van der Waals surface area contributed by atoms with Crippen molar-refractivity contribution < 1.29 is 8.42 Å². The monoisotopic (exact) mass is 278 g/mol. The highest BCUT2D eigenvalue weighted by atomic mass is 32.2. The second-order valence-electron chi connectivity index (χ2n) is 4.69. The van der Waals surface area contributed by atoms with Crippen LogP contribution in [0.3, 0.4) is 0 Å². The first-order valence-electron chi connectivity index (χ1n) is 6.20. The summed E-state index contributed by atoms with van der Waals surface area (Å²) in [6.45, 7) is 0. The molecule has 1 aromatic heterocycles. The lowest BCUT2D eigenvalue weighted by atomic mass is 10.1. The van der Waals surface area contributed by atoms with Gasteiger partial charge in [-0.25, -0.2) is 8.42 Å². The van der Waals surface area contributed by atoms with Gasteiger partial charge in [-0.05, 0) is 25.6 Å². The predicted octanol–water partition coefficient (Wildman–Crippen LogP) is 1.93. The molecule has 0 aliphatic heterocycles. The first-order chi connectivity index (χ1) is 8.99. The van der Waals surface area contributed by atoms with Gasteiger partial charge in [0.15, 0.2) is 0 Å². The molecule has 0 fully saturated rings. The zero-order chi connectivity index (χ0) is 13.9. The van der Waals surface area contributed by atoms with Gasteiger partial charge in [-0.1, -0.05) is 24.3 Å². The average Bonchev–Trinajstić information content (AvgIpc) is 2.38. The Morgan fingerprint density at radius 2 is 1.95 bits per heavy atom. The Bertz CT molecular complexity index is 668. The van der Waals surface area contributed by atoms with E-state index in [-0.39, 0.29) is 11.8 Å². The van der Waals surface area contributed by atoms with Crippen molar-refractivity contribution in [3.05, 3.63) is 42.1 Å². The molecule has 0 bridgehead atoms. The van der Waals surface area contributed by atoms with Crippen molar-refractivity contribution in [1.29, 1.82) is 0 Å². The molecule has 0 radical (unpaired) electrons. The third-order valence-electron chi connectivity index (χ3n) is 3.10. The molecule has 0 amide bonds. The van der Waals surface area contributed by atoms with Gasteiger partial charge in [0.2, 0.25) is 0 Å². The maximum atomic E-state index is 11.2. The van der Waals surface area contributed by atoms with Crippen LogP contribution in [0.4, 0.5) is 0 Å². The van der Waals surface area contributed by atoms with Gasteiger partial charge in [-0.15, -0.1) is 0 Å². The average molecular weight is 278 g/mol. The van der Waals surface area contributed by atoms with E-state index in [1.54, 1.807) is 0 Å². The van der Waals surface area contributed by atoms with E-state index in [1.807, 2.05) is 43.4 Å². The molecule has 1 atom stereocenters. The van der Waals surface area contributed by atoms with Crippen LogP contribution in [0.2, 0.25) is 0 Å². The summed E-state index contributed by atoms with van der Waals surface area (Å²) in [4.78, 5) is 4.59. The van der Waals surface area contributed by atoms with Crippen LogP contribution >= 0.6 is 0 Å².